The van der Waals surface area contributed by atoms with Crippen LogP contribution < -0.4 is 0 Å². The molecule has 1 aliphatic rings. The summed E-state index contributed by atoms with van der Waals surface area (Å²) < 4.78 is 0. The molecular formula is C30H42. The zero-order valence-electron chi connectivity index (χ0n) is 19.5. The standard InChI is InChI=1S/C30H42/c1-3-5-7-11-15-27-19-23-29(24-20-27)17-13-9-10-14-18-30-25-21-28(22-26-30)16-12-8-6-4-2/h9-10,19-20,23-24,28,30H,3-8,11-12,15-16,21-22,25-26H2,1-2H3/b10-9+/t28-,30-. The van der Waals surface area contributed by atoms with Crippen molar-refractivity contribution in [1.29, 1.82) is 0 Å². The molecule has 0 saturated heterocycles. The minimum Gasteiger partial charge on any atom is -0.0951 e. The van der Waals surface area contributed by atoms with Crippen LogP contribution in [-0.2, 0) is 6.42 Å². The molecule has 1 fully saturated rings. The van der Waals surface area contributed by atoms with E-state index in [-0.39, 0.29) is 0 Å². The summed E-state index contributed by atoms with van der Waals surface area (Å²) in [5.41, 5.74) is 2.51. The van der Waals surface area contributed by atoms with E-state index < -0.39 is 0 Å². The highest BCUT2D eigenvalue weighted by molar-refractivity contribution is 5.39. The van der Waals surface area contributed by atoms with Gasteiger partial charge < -0.3 is 0 Å². The van der Waals surface area contributed by atoms with Crippen LogP contribution >= 0.6 is 0 Å². The van der Waals surface area contributed by atoms with Gasteiger partial charge in [0.2, 0.25) is 0 Å². The Morgan fingerprint density at radius 1 is 0.767 bits per heavy atom. The van der Waals surface area contributed by atoms with Crippen LogP contribution in [0.25, 0.3) is 0 Å². The normalized spacial score (nSPS) is 18.5. The number of aryl methyl sites for hydroxylation is 1. The minimum atomic E-state index is 0.597. The van der Waals surface area contributed by atoms with Crippen LogP contribution in [0, 0.1) is 35.5 Å². The lowest BCUT2D eigenvalue weighted by Crippen LogP contribution is -2.13. The van der Waals surface area contributed by atoms with Crippen LogP contribution in [0.2, 0.25) is 0 Å². The van der Waals surface area contributed by atoms with Crippen LogP contribution in [0.4, 0.5) is 0 Å². The largest absolute Gasteiger partial charge is 0.0951 e. The van der Waals surface area contributed by atoms with Gasteiger partial charge in [0.05, 0.1) is 0 Å². The Labute approximate surface area is 186 Å². The SMILES string of the molecule is CCCCCCc1ccc(C#C/C=C/C#C[C@H]2CC[C@H](CCCCCC)CC2)cc1. The van der Waals surface area contributed by atoms with Crippen molar-refractivity contribution in [3.05, 3.63) is 47.5 Å². The van der Waals surface area contributed by atoms with E-state index in [1.54, 1.807) is 0 Å². The molecule has 0 aromatic heterocycles. The Morgan fingerprint density at radius 2 is 1.43 bits per heavy atom. The summed E-state index contributed by atoms with van der Waals surface area (Å²) in [5.74, 6) is 14.6. The minimum absolute atomic E-state index is 0.597. The van der Waals surface area contributed by atoms with E-state index in [0.717, 1.165) is 11.5 Å². The molecule has 1 aliphatic carbocycles. The van der Waals surface area contributed by atoms with Gasteiger partial charge in [-0.1, -0.05) is 101 Å². The molecule has 0 N–H and O–H groups in total. The Kier molecular flexibility index (Phi) is 12.9. The van der Waals surface area contributed by atoms with E-state index in [0.29, 0.717) is 5.92 Å². The average Bonchev–Trinajstić information content (AvgIpc) is 2.78. The predicted octanol–water partition coefficient (Wildman–Crippen LogP) is 8.50. The lowest BCUT2D eigenvalue weighted by Gasteiger charge is -2.25. The summed E-state index contributed by atoms with van der Waals surface area (Å²) in [6.07, 6.45) is 22.6. The third kappa shape index (κ3) is 10.7. The lowest BCUT2D eigenvalue weighted by atomic mass is 9.80. The second-order valence-electron chi connectivity index (χ2n) is 8.97. The average molecular weight is 403 g/mol. The van der Waals surface area contributed by atoms with Crippen molar-refractivity contribution in [2.45, 2.75) is 104 Å². The van der Waals surface area contributed by atoms with Crippen molar-refractivity contribution in [3.8, 4) is 23.7 Å². The van der Waals surface area contributed by atoms with E-state index >= 15 is 0 Å². The topological polar surface area (TPSA) is 0 Å². The Balaban J connectivity index is 1.64. The van der Waals surface area contributed by atoms with E-state index in [2.05, 4.69) is 61.8 Å². The molecule has 0 nitrogen and oxygen atoms in total. The van der Waals surface area contributed by atoms with E-state index in [9.17, 15) is 0 Å². The van der Waals surface area contributed by atoms with Crippen LogP contribution in [0.1, 0.15) is 108 Å². The molecule has 0 spiro atoms. The van der Waals surface area contributed by atoms with Crippen molar-refractivity contribution >= 4 is 0 Å². The number of allylic oxidation sites excluding steroid dienone is 2. The van der Waals surface area contributed by atoms with E-state index in [1.165, 1.54) is 95.5 Å². The van der Waals surface area contributed by atoms with Gasteiger partial charge in [-0.15, -0.1) is 0 Å². The van der Waals surface area contributed by atoms with Gasteiger partial charge in [0.1, 0.15) is 0 Å². The first-order valence-corrected chi connectivity index (χ1v) is 12.6. The highest BCUT2D eigenvalue weighted by Crippen LogP contribution is 2.31. The molecule has 0 unspecified atom stereocenters. The highest BCUT2D eigenvalue weighted by atomic mass is 14.2. The Hall–Kier alpha value is -1.92. The molecule has 0 heterocycles. The van der Waals surface area contributed by atoms with Gasteiger partial charge in [-0.05, 0) is 74.3 Å². The smallest absolute Gasteiger partial charge is 0.0249 e. The molecule has 2 rings (SSSR count). The first kappa shape index (κ1) is 24.4. The second-order valence-corrected chi connectivity index (χ2v) is 8.97. The monoisotopic (exact) mass is 402 g/mol. The maximum absolute atomic E-state index is 3.45. The summed E-state index contributed by atoms with van der Waals surface area (Å²) in [5, 5.41) is 0. The first-order valence-electron chi connectivity index (χ1n) is 12.6. The first-order chi connectivity index (χ1) is 14.8. The maximum atomic E-state index is 3.45. The van der Waals surface area contributed by atoms with E-state index in [1.807, 2.05) is 12.2 Å². The number of hydrogen-bond donors (Lipinski definition) is 0. The fraction of sp³-hybridized carbons (Fsp3) is 0.600. The molecule has 162 valence electrons. The molecule has 0 aliphatic heterocycles. The summed E-state index contributed by atoms with van der Waals surface area (Å²) in [7, 11) is 0. The number of benzene rings is 1. The summed E-state index contributed by atoms with van der Waals surface area (Å²) in [4.78, 5) is 0. The van der Waals surface area contributed by atoms with Gasteiger partial charge in [-0.25, -0.2) is 0 Å². The molecular weight excluding hydrogens is 360 g/mol. The predicted molar refractivity (Wildman–Crippen MR) is 132 cm³/mol. The fourth-order valence-corrected chi connectivity index (χ4v) is 4.34. The summed E-state index contributed by atoms with van der Waals surface area (Å²) >= 11 is 0. The number of unbranched alkanes of at least 4 members (excludes halogenated alkanes) is 6. The molecule has 1 saturated carbocycles. The van der Waals surface area contributed by atoms with Crippen molar-refractivity contribution in [3.63, 3.8) is 0 Å². The van der Waals surface area contributed by atoms with Crippen molar-refractivity contribution in [2.24, 2.45) is 11.8 Å². The molecule has 0 bridgehead atoms. The van der Waals surface area contributed by atoms with Gasteiger partial charge in [0, 0.05) is 11.5 Å². The van der Waals surface area contributed by atoms with Crippen LogP contribution in [0.15, 0.2) is 36.4 Å². The quantitative estimate of drug-likeness (QED) is 0.272. The Morgan fingerprint density at radius 3 is 2.13 bits per heavy atom. The van der Waals surface area contributed by atoms with Crippen molar-refractivity contribution in [2.75, 3.05) is 0 Å². The zero-order valence-corrected chi connectivity index (χ0v) is 19.5. The van der Waals surface area contributed by atoms with E-state index in [4.69, 9.17) is 0 Å². The highest BCUT2D eigenvalue weighted by Gasteiger charge is 2.19. The molecule has 0 heteroatoms. The Bertz CT molecular complexity index is 705. The fourth-order valence-electron chi connectivity index (χ4n) is 4.34. The van der Waals surface area contributed by atoms with Crippen LogP contribution in [0.5, 0.6) is 0 Å². The van der Waals surface area contributed by atoms with Gasteiger partial charge >= 0.3 is 0 Å². The van der Waals surface area contributed by atoms with Crippen molar-refractivity contribution < 1.29 is 0 Å². The van der Waals surface area contributed by atoms with Crippen LogP contribution in [0.3, 0.4) is 0 Å². The third-order valence-corrected chi connectivity index (χ3v) is 6.34. The van der Waals surface area contributed by atoms with Gasteiger partial charge in [-0.3, -0.25) is 0 Å². The van der Waals surface area contributed by atoms with Gasteiger partial charge in [0.25, 0.3) is 0 Å². The number of rotatable bonds is 10. The molecule has 0 radical (unpaired) electrons. The zero-order chi connectivity index (χ0) is 21.3. The summed E-state index contributed by atoms with van der Waals surface area (Å²) in [6, 6.07) is 8.73. The maximum Gasteiger partial charge on any atom is 0.0249 e. The lowest BCUT2D eigenvalue weighted by molar-refractivity contribution is 0.294. The van der Waals surface area contributed by atoms with Gasteiger partial charge in [-0.2, -0.15) is 0 Å². The number of hydrogen-bond acceptors (Lipinski definition) is 0. The van der Waals surface area contributed by atoms with Crippen molar-refractivity contribution in [1.82, 2.24) is 0 Å². The van der Waals surface area contributed by atoms with Gasteiger partial charge in [0.15, 0.2) is 0 Å². The third-order valence-electron chi connectivity index (χ3n) is 6.34. The summed E-state index contributed by atoms with van der Waals surface area (Å²) in [6.45, 7) is 4.55. The molecule has 1 aromatic rings. The molecule has 0 atom stereocenters. The molecule has 0 amide bonds. The molecule has 1 aromatic carbocycles. The molecule has 30 heavy (non-hydrogen) atoms. The van der Waals surface area contributed by atoms with Crippen LogP contribution in [-0.4, -0.2) is 0 Å². The second kappa shape index (κ2) is 15.9.